The van der Waals surface area contributed by atoms with Crippen molar-refractivity contribution in [2.24, 2.45) is 0 Å². The van der Waals surface area contributed by atoms with E-state index in [2.05, 4.69) is 16.0 Å². The van der Waals surface area contributed by atoms with E-state index in [0.717, 1.165) is 10.9 Å². The summed E-state index contributed by atoms with van der Waals surface area (Å²) in [7, 11) is 0. The summed E-state index contributed by atoms with van der Waals surface area (Å²) in [6.45, 7) is 1.74. The molecule has 166 valence electrons. The van der Waals surface area contributed by atoms with E-state index in [1.165, 1.54) is 18.0 Å². The lowest BCUT2D eigenvalue weighted by Crippen LogP contribution is -2.17. The van der Waals surface area contributed by atoms with E-state index in [0.29, 0.717) is 40.8 Å². The molecule has 0 unspecified atom stereocenters. The number of hydrogen-bond donors (Lipinski definition) is 0. The zero-order valence-corrected chi connectivity index (χ0v) is 18.9. The van der Waals surface area contributed by atoms with Gasteiger partial charge >= 0.3 is 5.97 Å². The van der Waals surface area contributed by atoms with E-state index in [4.69, 9.17) is 14.4 Å². The second kappa shape index (κ2) is 9.71. The number of furan rings is 1. The molecular formula is C24H20N4O4S. The average Bonchev–Trinajstić information content (AvgIpc) is 3.49. The van der Waals surface area contributed by atoms with Crippen LogP contribution in [0.2, 0.25) is 0 Å². The number of carbonyl (C=O) groups excluding carboxylic acids is 2. The normalized spacial score (nSPS) is 10.8. The number of ether oxygens (including phenoxy) is 1. The fourth-order valence-corrected chi connectivity index (χ4v) is 4.16. The van der Waals surface area contributed by atoms with E-state index in [1.54, 1.807) is 31.5 Å². The molecule has 3 aromatic heterocycles. The quantitative estimate of drug-likeness (QED) is 0.161. The highest BCUT2D eigenvalue weighted by atomic mass is 32.2. The Hall–Kier alpha value is -3.90. The van der Waals surface area contributed by atoms with Gasteiger partial charge in [-0.15, -0.1) is 11.8 Å². The highest BCUT2D eigenvalue weighted by molar-refractivity contribution is 7.98. The number of rotatable bonds is 8. The van der Waals surface area contributed by atoms with Crippen LogP contribution in [-0.2, 0) is 11.3 Å². The molecule has 0 fully saturated rings. The van der Waals surface area contributed by atoms with Crippen LogP contribution < -0.4 is 0 Å². The predicted molar refractivity (Wildman–Crippen MR) is 123 cm³/mol. The number of nitrogens with zero attached hydrogens (tertiary/aromatic N) is 4. The number of carbonyl (C=O) groups is 2. The van der Waals surface area contributed by atoms with E-state index in [1.807, 2.05) is 28.8 Å². The molecule has 1 aromatic carbocycles. The van der Waals surface area contributed by atoms with Gasteiger partial charge in [-0.3, -0.25) is 4.79 Å². The minimum Gasteiger partial charge on any atom is -0.461 e. The summed E-state index contributed by atoms with van der Waals surface area (Å²) in [5, 5.41) is 10.1. The van der Waals surface area contributed by atoms with Crippen LogP contribution >= 0.6 is 11.8 Å². The summed E-state index contributed by atoms with van der Waals surface area (Å²) in [5.41, 5.74) is 1.96. The largest absolute Gasteiger partial charge is 0.461 e. The van der Waals surface area contributed by atoms with Crippen LogP contribution in [0.1, 0.15) is 32.8 Å². The lowest BCUT2D eigenvalue weighted by atomic mass is 10.1. The van der Waals surface area contributed by atoms with Crippen molar-refractivity contribution in [2.45, 2.75) is 24.9 Å². The standard InChI is InChI=1S/C24H20N4O4S/c1-15-21(23(33-2)27-22(26-15)20-9-5-12-31-20)24(30)32-14-19(29)17-13-28(11-6-10-25)18-8-4-3-7-16(17)18/h3-5,7-9,12-13H,6,11,14H2,1-2H3. The number of ketones is 1. The van der Waals surface area contributed by atoms with Crippen molar-refractivity contribution in [3.63, 3.8) is 0 Å². The fourth-order valence-electron chi connectivity index (χ4n) is 3.55. The Kier molecular flexibility index (Phi) is 6.56. The van der Waals surface area contributed by atoms with Crippen molar-refractivity contribution < 1.29 is 18.7 Å². The van der Waals surface area contributed by atoms with Gasteiger partial charge in [-0.2, -0.15) is 5.26 Å². The number of thioether (sulfide) groups is 1. The van der Waals surface area contributed by atoms with E-state index < -0.39 is 12.6 Å². The predicted octanol–water partition coefficient (Wildman–Crippen LogP) is 4.68. The first kappa shape index (κ1) is 22.3. The summed E-state index contributed by atoms with van der Waals surface area (Å²) in [6, 6.07) is 13.0. The molecule has 0 radical (unpaired) electrons. The molecule has 4 rings (SSSR count). The highest BCUT2D eigenvalue weighted by Gasteiger charge is 2.23. The molecule has 9 heteroatoms. The maximum atomic E-state index is 12.9. The molecule has 0 bridgehead atoms. The Balaban J connectivity index is 1.55. The number of hydrogen-bond acceptors (Lipinski definition) is 8. The molecule has 0 aliphatic carbocycles. The Bertz CT molecular complexity index is 1370. The van der Waals surface area contributed by atoms with Gasteiger partial charge in [0.25, 0.3) is 0 Å². The van der Waals surface area contributed by atoms with E-state index in [9.17, 15) is 9.59 Å². The molecule has 0 spiro atoms. The minimum absolute atomic E-state index is 0.224. The van der Waals surface area contributed by atoms with Crippen molar-refractivity contribution in [2.75, 3.05) is 12.9 Å². The van der Waals surface area contributed by atoms with Crippen LogP contribution in [0, 0.1) is 18.3 Å². The summed E-state index contributed by atoms with van der Waals surface area (Å²) in [5.74, 6) is -0.118. The zero-order chi connectivity index (χ0) is 23.4. The number of Topliss-reactive ketones (excluding diaryl/α,β-unsaturated/α-hetero) is 1. The fraction of sp³-hybridized carbons (Fsp3) is 0.208. The maximum Gasteiger partial charge on any atom is 0.343 e. The van der Waals surface area contributed by atoms with Gasteiger partial charge < -0.3 is 13.7 Å². The molecule has 0 saturated carbocycles. The van der Waals surface area contributed by atoms with E-state index >= 15 is 0 Å². The van der Waals surface area contributed by atoms with Gasteiger partial charge in [-0.1, -0.05) is 18.2 Å². The van der Waals surface area contributed by atoms with Crippen LogP contribution in [0.15, 0.2) is 58.3 Å². The Morgan fingerprint density at radius 3 is 2.76 bits per heavy atom. The molecule has 0 aliphatic heterocycles. The number of esters is 1. The van der Waals surface area contributed by atoms with Crippen molar-refractivity contribution >= 4 is 34.4 Å². The van der Waals surface area contributed by atoms with Gasteiger partial charge in [0, 0.05) is 29.2 Å². The topological polar surface area (TPSA) is 111 Å². The van der Waals surface area contributed by atoms with Crippen molar-refractivity contribution in [1.82, 2.24) is 14.5 Å². The monoisotopic (exact) mass is 460 g/mol. The van der Waals surface area contributed by atoms with E-state index in [-0.39, 0.29) is 11.3 Å². The SMILES string of the molecule is CSc1nc(-c2ccco2)nc(C)c1C(=O)OCC(=O)c1cn(CCC#N)c2ccccc12. The summed E-state index contributed by atoms with van der Waals surface area (Å²) in [6.07, 6.45) is 5.35. The van der Waals surface area contributed by atoms with Crippen LogP contribution in [-0.4, -0.2) is 39.2 Å². The molecule has 0 saturated heterocycles. The second-order valence-electron chi connectivity index (χ2n) is 7.15. The first-order valence-electron chi connectivity index (χ1n) is 10.1. The molecule has 33 heavy (non-hydrogen) atoms. The van der Waals surface area contributed by atoms with Crippen molar-refractivity contribution in [3.8, 4) is 17.7 Å². The van der Waals surface area contributed by atoms with Gasteiger partial charge in [-0.25, -0.2) is 14.8 Å². The Morgan fingerprint density at radius 1 is 1.21 bits per heavy atom. The third kappa shape index (κ3) is 4.52. The maximum absolute atomic E-state index is 12.9. The molecule has 3 heterocycles. The van der Waals surface area contributed by atoms with Crippen molar-refractivity contribution in [3.05, 3.63) is 65.7 Å². The Morgan fingerprint density at radius 2 is 2.03 bits per heavy atom. The Labute approximate surface area is 194 Å². The molecule has 4 aromatic rings. The number of benzene rings is 1. The van der Waals surface area contributed by atoms with Gasteiger partial charge in [0.05, 0.1) is 24.4 Å². The molecule has 8 nitrogen and oxygen atoms in total. The van der Waals surface area contributed by atoms with Crippen molar-refractivity contribution in [1.29, 1.82) is 5.26 Å². The van der Waals surface area contributed by atoms with Crippen LogP contribution in [0.3, 0.4) is 0 Å². The number of nitriles is 1. The van der Waals surface area contributed by atoms with Gasteiger partial charge in [0.2, 0.25) is 5.78 Å². The lowest BCUT2D eigenvalue weighted by molar-refractivity contribution is 0.0469. The smallest absolute Gasteiger partial charge is 0.343 e. The van der Waals surface area contributed by atoms with Gasteiger partial charge in [0.15, 0.2) is 18.2 Å². The lowest BCUT2D eigenvalue weighted by Gasteiger charge is -2.10. The number of para-hydroxylation sites is 1. The third-order valence-corrected chi connectivity index (χ3v) is 5.77. The summed E-state index contributed by atoms with van der Waals surface area (Å²) >= 11 is 1.28. The first-order valence-corrected chi connectivity index (χ1v) is 11.4. The average molecular weight is 461 g/mol. The molecule has 0 aliphatic rings. The van der Waals surface area contributed by atoms with Crippen LogP contribution in [0.5, 0.6) is 0 Å². The highest BCUT2D eigenvalue weighted by Crippen LogP contribution is 2.26. The summed E-state index contributed by atoms with van der Waals surface area (Å²) in [4.78, 5) is 34.6. The summed E-state index contributed by atoms with van der Waals surface area (Å²) < 4.78 is 12.6. The number of aromatic nitrogens is 3. The zero-order valence-electron chi connectivity index (χ0n) is 18.1. The molecular weight excluding hydrogens is 440 g/mol. The molecule has 0 amide bonds. The first-order chi connectivity index (χ1) is 16.0. The van der Waals surface area contributed by atoms with Crippen LogP contribution in [0.4, 0.5) is 0 Å². The van der Waals surface area contributed by atoms with Crippen LogP contribution in [0.25, 0.3) is 22.5 Å². The second-order valence-corrected chi connectivity index (χ2v) is 7.95. The van der Waals surface area contributed by atoms with Gasteiger partial charge in [0.1, 0.15) is 10.6 Å². The van der Waals surface area contributed by atoms with Gasteiger partial charge in [-0.05, 0) is 31.4 Å². The molecule has 0 N–H and O–H groups in total. The number of aryl methyl sites for hydroxylation is 2. The number of fused-ring (bicyclic) bond motifs is 1. The third-order valence-electron chi connectivity index (χ3n) is 5.08. The molecule has 0 atom stereocenters. The minimum atomic E-state index is -0.663.